The average molecular weight is 317 g/mol. The number of hydrogen-bond donors (Lipinski definition) is 1. The quantitative estimate of drug-likeness (QED) is 0.879. The minimum Gasteiger partial charge on any atom is -0.351 e. The Morgan fingerprint density at radius 2 is 2.32 bits per heavy atom. The van der Waals surface area contributed by atoms with E-state index in [2.05, 4.69) is 35.3 Å². The van der Waals surface area contributed by atoms with Gasteiger partial charge in [0.2, 0.25) is 0 Å². The molecule has 0 radical (unpaired) electrons. The first-order valence-corrected chi connectivity index (χ1v) is 8.11. The Bertz CT molecular complexity index is 686. The lowest BCUT2D eigenvalue weighted by Gasteiger charge is -2.40. The van der Waals surface area contributed by atoms with E-state index in [4.69, 9.17) is 5.73 Å². The number of aromatic nitrogens is 3. The molecule has 2 aromatic rings. The van der Waals surface area contributed by atoms with Gasteiger partial charge < -0.3 is 15.2 Å². The van der Waals surface area contributed by atoms with E-state index in [-0.39, 0.29) is 17.3 Å². The molecule has 0 bridgehead atoms. The highest BCUT2D eigenvalue weighted by Crippen LogP contribution is 2.37. The Kier molecular flexibility index (Phi) is 4.06. The van der Waals surface area contributed by atoms with Gasteiger partial charge >= 0.3 is 6.03 Å². The maximum absolute atomic E-state index is 11.4. The molecule has 2 heterocycles. The van der Waals surface area contributed by atoms with Crippen LogP contribution in [-0.4, -0.2) is 32.2 Å². The van der Waals surface area contributed by atoms with E-state index in [1.807, 2.05) is 17.7 Å². The van der Waals surface area contributed by atoms with Gasteiger partial charge in [0.05, 0.1) is 6.04 Å². The number of nitrogens with zero attached hydrogens (tertiary/aromatic N) is 4. The summed E-state index contributed by atoms with van der Waals surface area (Å²) in [4.78, 5) is 13.1. The maximum Gasteiger partial charge on any atom is 0.315 e. The second-order valence-electron chi connectivity index (χ2n) is 5.49. The van der Waals surface area contributed by atoms with Crippen LogP contribution < -0.4 is 5.73 Å². The first-order valence-electron chi connectivity index (χ1n) is 7.23. The van der Waals surface area contributed by atoms with Crippen molar-refractivity contribution >= 4 is 17.8 Å². The van der Waals surface area contributed by atoms with Crippen LogP contribution in [-0.2, 0) is 7.05 Å². The molecule has 1 aromatic carbocycles. The van der Waals surface area contributed by atoms with Crippen molar-refractivity contribution in [3.63, 3.8) is 0 Å². The summed E-state index contributed by atoms with van der Waals surface area (Å²) in [6, 6.07) is 8.13. The van der Waals surface area contributed by atoms with Crippen molar-refractivity contribution in [2.24, 2.45) is 12.8 Å². The molecule has 1 aromatic heterocycles. The largest absolute Gasteiger partial charge is 0.351 e. The molecule has 116 valence electrons. The van der Waals surface area contributed by atoms with Crippen LogP contribution in [0.5, 0.6) is 0 Å². The number of carbonyl (C=O) groups is 1. The van der Waals surface area contributed by atoms with Gasteiger partial charge in [-0.05, 0) is 24.5 Å². The first kappa shape index (κ1) is 14.9. The number of thioether (sulfide) groups is 1. The third-order valence-corrected chi connectivity index (χ3v) is 5.23. The number of benzene rings is 1. The highest BCUT2D eigenvalue weighted by Gasteiger charge is 2.32. The summed E-state index contributed by atoms with van der Waals surface area (Å²) in [6.07, 6.45) is 2.67. The molecule has 1 fully saturated rings. The molecule has 6 nitrogen and oxygen atoms in total. The van der Waals surface area contributed by atoms with E-state index >= 15 is 0 Å². The highest BCUT2D eigenvalue weighted by molar-refractivity contribution is 7.99. The van der Waals surface area contributed by atoms with Crippen LogP contribution in [0.3, 0.4) is 0 Å². The molecule has 0 spiro atoms. The Hall–Kier alpha value is -2.02. The van der Waals surface area contributed by atoms with Gasteiger partial charge in [-0.2, -0.15) is 0 Å². The molecule has 0 saturated carbocycles. The molecule has 2 N–H and O–H groups in total. The molecule has 22 heavy (non-hydrogen) atoms. The van der Waals surface area contributed by atoms with Gasteiger partial charge in [-0.25, -0.2) is 4.79 Å². The van der Waals surface area contributed by atoms with Crippen LogP contribution in [0, 0.1) is 0 Å². The molecule has 1 aliphatic heterocycles. The lowest BCUT2D eigenvalue weighted by molar-refractivity contribution is 0.123. The number of nitrogens with two attached hydrogens (primary N) is 1. The van der Waals surface area contributed by atoms with Gasteiger partial charge in [0, 0.05) is 18.8 Å². The lowest BCUT2D eigenvalue weighted by atomic mass is 9.93. The smallest absolute Gasteiger partial charge is 0.315 e. The van der Waals surface area contributed by atoms with Crippen molar-refractivity contribution in [2.75, 3.05) is 6.54 Å². The van der Waals surface area contributed by atoms with Crippen molar-refractivity contribution in [3.8, 4) is 0 Å². The number of hydrogen-bond acceptors (Lipinski definition) is 4. The average Bonchev–Trinajstić information content (AvgIpc) is 2.82. The SMILES string of the molecule is CC(Sc1nncn1C)c1cccc(C2CCN2C(N)=O)c1. The van der Waals surface area contributed by atoms with Crippen LogP contribution in [0.2, 0.25) is 0 Å². The zero-order chi connectivity index (χ0) is 15.7. The molecule has 0 aliphatic carbocycles. The van der Waals surface area contributed by atoms with Gasteiger partial charge in [0.1, 0.15) is 6.33 Å². The highest BCUT2D eigenvalue weighted by atomic mass is 32.2. The summed E-state index contributed by atoms with van der Waals surface area (Å²) in [5, 5.41) is 9.15. The van der Waals surface area contributed by atoms with E-state index in [1.54, 1.807) is 23.0 Å². The number of likely N-dealkylation sites (tertiary alicyclic amines) is 1. The third-order valence-electron chi connectivity index (χ3n) is 4.02. The maximum atomic E-state index is 11.4. The predicted molar refractivity (Wildman–Crippen MR) is 85.4 cm³/mol. The minimum absolute atomic E-state index is 0.115. The monoisotopic (exact) mass is 317 g/mol. The molecule has 2 amide bonds. The van der Waals surface area contributed by atoms with Crippen LogP contribution in [0.25, 0.3) is 0 Å². The summed E-state index contributed by atoms with van der Waals surface area (Å²) < 4.78 is 1.91. The second-order valence-corrected chi connectivity index (χ2v) is 6.80. The van der Waals surface area contributed by atoms with E-state index in [1.165, 1.54) is 5.56 Å². The van der Waals surface area contributed by atoms with Gasteiger partial charge in [-0.1, -0.05) is 36.0 Å². The fraction of sp³-hybridized carbons (Fsp3) is 0.400. The fourth-order valence-corrected chi connectivity index (χ4v) is 3.53. The van der Waals surface area contributed by atoms with Gasteiger partial charge in [0.15, 0.2) is 5.16 Å². The number of rotatable bonds is 4. The van der Waals surface area contributed by atoms with Crippen LogP contribution >= 0.6 is 11.8 Å². The number of carbonyl (C=O) groups excluding carboxylic acids is 1. The molecule has 3 rings (SSSR count). The number of urea groups is 1. The van der Waals surface area contributed by atoms with Gasteiger partial charge in [0.25, 0.3) is 0 Å². The van der Waals surface area contributed by atoms with E-state index in [9.17, 15) is 4.79 Å². The normalized spacial score (nSPS) is 18.8. The zero-order valence-corrected chi connectivity index (χ0v) is 13.5. The van der Waals surface area contributed by atoms with Crippen LogP contribution in [0.4, 0.5) is 4.79 Å². The second kappa shape index (κ2) is 6.00. The van der Waals surface area contributed by atoms with Crippen molar-refractivity contribution in [1.82, 2.24) is 19.7 Å². The molecular formula is C15H19N5OS. The summed E-state index contributed by atoms with van der Waals surface area (Å²) in [5.41, 5.74) is 7.75. The van der Waals surface area contributed by atoms with Crippen molar-refractivity contribution in [1.29, 1.82) is 0 Å². The minimum atomic E-state index is -0.344. The van der Waals surface area contributed by atoms with Gasteiger partial charge in [-0.15, -0.1) is 10.2 Å². The van der Waals surface area contributed by atoms with Crippen molar-refractivity contribution in [2.45, 2.75) is 29.8 Å². The number of primary amides is 1. The first-order chi connectivity index (χ1) is 10.6. The Labute approximate surface area is 133 Å². The third kappa shape index (κ3) is 2.81. The predicted octanol–water partition coefficient (Wildman–Crippen LogP) is 2.49. The molecule has 2 atom stereocenters. The van der Waals surface area contributed by atoms with E-state index < -0.39 is 0 Å². The number of aryl methyl sites for hydroxylation is 1. The van der Waals surface area contributed by atoms with E-state index in [0.29, 0.717) is 0 Å². The molecule has 1 saturated heterocycles. The van der Waals surface area contributed by atoms with Crippen molar-refractivity contribution < 1.29 is 4.79 Å². The van der Waals surface area contributed by atoms with Gasteiger partial charge in [-0.3, -0.25) is 0 Å². The Morgan fingerprint density at radius 1 is 1.50 bits per heavy atom. The van der Waals surface area contributed by atoms with Crippen molar-refractivity contribution in [3.05, 3.63) is 41.7 Å². The zero-order valence-electron chi connectivity index (χ0n) is 12.6. The molecular weight excluding hydrogens is 298 g/mol. The fourth-order valence-electron chi connectivity index (χ4n) is 2.62. The Balaban J connectivity index is 1.76. The summed E-state index contributed by atoms with van der Waals surface area (Å²) in [5.74, 6) is 0. The Morgan fingerprint density at radius 3 is 2.91 bits per heavy atom. The topological polar surface area (TPSA) is 77.0 Å². The summed E-state index contributed by atoms with van der Waals surface area (Å²) >= 11 is 1.67. The molecule has 2 unspecified atom stereocenters. The summed E-state index contributed by atoms with van der Waals surface area (Å²) in [6.45, 7) is 2.89. The summed E-state index contributed by atoms with van der Waals surface area (Å²) in [7, 11) is 1.94. The number of amides is 2. The molecule has 7 heteroatoms. The van der Waals surface area contributed by atoms with Crippen LogP contribution in [0.15, 0.2) is 35.7 Å². The molecule has 1 aliphatic rings. The lowest BCUT2D eigenvalue weighted by Crippen LogP contribution is -2.47. The standard InChI is InChI=1S/C15H19N5OS/c1-10(22-15-18-17-9-19(15)2)11-4-3-5-12(8-11)13-6-7-20(13)14(16)21/h3-5,8-10,13H,6-7H2,1-2H3,(H2,16,21). The van der Waals surface area contributed by atoms with E-state index in [0.717, 1.165) is 23.7 Å². The van der Waals surface area contributed by atoms with Crippen LogP contribution in [0.1, 0.15) is 35.8 Å².